The molecule has 1 fully saturated rings. The standard InChI is InChI=1S/C22H24N4O2S/c1-15(21-24-17-9-3-4-10-18(17)25-21)23-22(28)16-8-2-5-11-19(16)29-14-20(27)26-12-6-7-13-26/h2-5,8-11,15H,6-7,12-14H2,1H3,(H,23,28)(H,24,25). The van der Waals surface area contributed by atoms with Crippen LogP contribution in [0.1, 0.15) is 42.0 Å². The number of rotatable bonds is 6. The Hall–Kier alpha value is -2.80. The Morgan fingerprint density at radius 1 is 1.14 bits per heavy atom. The van der Waals surface area contributed by atoms with Gasteiger partial charge in [0.1, 0.15) is 5.82 Å². The Labute approximate surface area is 174 Å². The van der Waals surface area contributed by atoms with Crippen LogP contribution in [0, 0.1) is 0 Å². The highest BCUT2D eigenvalue weighted by Gasteiger charge is 2.20. The number of likely N-dealkylation sites (tertiary alicyclic amines) is 1. The number of amides is 2. The van der Waals surface area contributed by atoms with Gasteiger partial charge in [0, 0.05) is 18.0 Å². The largest absolute Gasteiger partial charge is 0.342 e. The zero-order valence-corrected chi connectivity index (χ0v) is 17.2. The Kier molecular flexibility index (Phi) is 5.85. The maximum absolute atomic E-state index is 12.9. The molecule has 1 atom stereocenters. The van der Waals surface area contributed by atoms with Crippen LogP contribution in [0.15, 0.2) is 53.4 Å². The predicted octanol–water partition coefficient (Wildman–Crippen LogP) is 3.77. The molecule has 6 nitrogen and oxygen atoms in total. The average molecular weight is 409 g/mol. The summed E-state index contributed by atoms with van der Waals surface area (Å²) in [6.45, 7) is 3.59. The lowest BCUT2D eigenvalue weighted by Crippen LogP contribution is -2.29. The van der Waals surface area contributed by atoms with E-state index in [1.807, 2.05) is 54.3 Å². The van der Waals surface area contributed by atoms with Gasteiger partial charge in [0.05, 0.1) is 28.4 Å². The van der Waals surface area contributed by atoms with Crippen LogP contribution in [0.4, 0.5) is 0 Å². The van der Waals surface area contributed by atoms with Crippen molar-refractivity contribution >= 4 is 34.6 Å². The fraction of sp³-hybridized carbons (Fsp3) is 0.318. The molecular formula is C22H24N4O2S. The highest BCUT2D eigenvalue weighted by Crippen LogP contribution is 2.25. The number of aromatic amines is 1. The number of para-hydroxylation sites is 2. The third-order valence-corrected chi connectivity index (χ3v) is 6.17. The fourth-order valence-electron chi connectivity index (χ4n) is 3.50. The summed E-state index contributed by atoms with van der Waals surface area (Å²) in [4.78, 5) is 35.8. The minimum absolute atomic E-state index is 0.137. The number of hydrogen-bond donors (Lipinski definition) is 2. The number of H-pyrrole nitrogens is 1. The van der Waals surface area contributed by atoms with E-state index in [1.165, 1.54) is 11.8 Å². The van der Waals surface area contributed by atoms with Gasteiger partial charge in [-0.15, -0.1) is 11.8 Å². The topological polar surface area (TPSA) is 78.1 Å². The molecule has 1 aromatic heterocycles. The summed E-state index contributed by atoms with van der Waals surface area (Å²) in [5, 5.41) is 3.02. The summed E-state index contributed by atoms with van der Waals surface area (Å²) in [5.74, 6) is 1.03. The van der Waals surface area contributed by atoms with Crippen molar-refractivity contribution < 1.29 is 9.59 Å². The number of fused-ring (bicyclic) bond motifs is 1. The monoisotopic (exact) mass is 408 g/mol. The fourth-order valence-corrected chi connectivity index (χ4v) is 4.45. The Bertz CT molecular complexity index is 993. The molecular weight excluding hydrogens is 384 g/mol. The van der Waals surface area contributed by atoms with Gasteiger partial charge in [0.25, 0.3) is 5.91 Å². The van der Waals surface area contributed by atoms with Gasteiger partial charge in [-0.05, 0) is 44.0 Å². The van der Waals surface area contributed by atoms with E-state index in [-0.39, 0.29) is 17.9 Å². The van der Waals surface area contributed by atoms with Gasteiger partial charge in [-0.3, -0.25) is 9.59 Å². The summed E-state index contributed by atoms with van der Waals surface area (Å²) in [7, 11) is 0. The molecule has 0 spiro atoms. The van der Waals surface area contributed by atoms with E-state index in [1.54, 1.807) is 6.07 Å². The second kappa shape index (κ2) is 8.69. The lowest BCUT2D eigenvalue weighted by Gasteiger charge is -2.16. The molecule has 1 aliphatic rings. The predicted molar refractivity (Wildman–Crippen MR) is 115 cm³/mol. The van der Waals surface area contributed by atoms with Gasteiger partial charge in [0.2, 0.25) is 5.91 Å². The van der Waals surface area contributed by atoms with E-state index in [9.17, 15) is 9.59 Å². The highest BCUT2D eigenvalue weighted by molar-refractivity contribution is 8.00. The lowest BCUT2D eigenvalue weighted by atomic mass is 10.2. The number of carbonyl (C=O) groups is 2. The Morgan fingerprint density at radius 3 is 2.66 bits per heavy atom. The van der Waals surface area contributed by atoms with Crippen LogP contribution in [0.3, 0.4) is 0 Å². The molecule has 3 aromatic rings. The van der Waals surface area contributed by atoms with Crippen LogP contribution in [-0.4, -0.2) is 45.5 Å². The van der Waals surface area contributed by atoms with Crippen LogP contribution in [-0.2, 0) is 4.79 Å². The smallest absolute Gasteiger partial charge is 0.252 e. The van der Waals surface area contributed by atoms with Gasteiger partial charge < -0.3 is 15.2 Å². The number of imidazole rings is 1. The second-order valence-corrected chi connectivity index (χ2v) is 8.22. The molecule has 150 valence electrons. The molecule has 2 amide bonds. The zero-order chi connectivity index (χ0) is 20.2. The minimum Gasteiger partial charge on any atom is -0.342 e. The molecule has 2 N–H and O–H groups in total. The molecule has 4 rings (SSSR count). The Morgan fingerprint density at radius 2 is 1.86 bits per heavy atom. The maximum Gasteiger partial charge on any atom is 0.252 e. The van der Waals surface area contributed by atoms with Crippen molar-refractivity contribution in [1.82, 2.24) is 20.2 Å². The highest BCUT2D eigenvalue weighted by atomic mass is 32.2. The van der Waals surface area contributed by atoms with Crippen molar-refractivity contribution in [2.45, 2.75) is 30.7 Å². The first kappa shape index (κ1) is 19.5. The van der Waals surface area contributed by atoms with Crippen LogP contribution in [0.25, 0.3) is 11.0 Å². The second-order valence-electron chi connectivity index (χ2n) is 7.21. The van der Waals surface area contributed by atoms with Gasteiger partial charge in [-0.2, -0.15) is 0 Å². The number of nitrogens with zero attached hydrogens (tertiary/aromatic N) is 2. The lowest BCUT2D eigenvalue weighted by molar-refractivity contribution is -0.127. The van der Waals surface area contributed by atoms with E-state index < -0.39 is 0 Å². The van der Waals surface area contributed by atoms with Crippen molar-refractivity contribution in [1.29, 1.82) is 0 Å². The molecule has 0 radical (unpaired) electrons. The van der Waals surface area contributed by atoms with Gasteiger partial charge in [0.15, 0.2) is 0 Å². The van der Waals surface area contributed by atoms with Crippen molar-refractivity contribution in [2.75, 3.05) is 18.8 Å². The first-order chi connectivity index (χ1) is 14.1. The number of carbonyl (C=O) groups excluding carboxylic acids is 2. The summed E-state index contributed by atoms with van der Waals surface area (Å²) >= 11 is 1.42. The molecule has 1 aliphatic heterocycles. The normalized spacial score (nSPS) is 14.9. The number of aromatic nitrogens is 2. The third kappa shape index (κ3) is 4.45. The van der Waals surface area contributed by atoms with Crippen molar-refractivity contribution in [3.05, 3.63) is 59.9 Å². The molecule has 29 heavy (non-hydrogen) atoms. The van der Waals surface area contributed by atoms with E-state index in [0.29, 0.717) is 17.1 Å². The molecule has 2 aromatic carbocycles. The molecule has 0 bridgehead atoms. The number of hydrogen-bond acceptors (Lipinski definition) is 4. The molecule has 0 saturated carbocycles. The van der Waals surface area contributed by atoms with E-state index in [0.717, 1.165) is 41.9 Å². The van der Waals surface area contributed by atoms with E-state index in [2.05, 4.69) is 15.3 Å². The van der Waals surface area contributed by atoms with Gasteiger partial charge in [-0.1, -0.05) is 24.3 Å². The first-order valence-corrected chi connectivity index (χ1v) is 10.9. The molecule has 0 aliphatic carbocycles. The third-order valence-electron chi connectivity index (χ3n) is 5.11. The Balaban J connectivity index is 1.43. The first-order valence-electron chi connectivity index (χ1n) is 9.87. The number of nitrogens with one attached hydrogen (secondary N) is 2. The summed E-state index contributed by atoms with van der Waals surface area (Å²) in [6, 6.07) is 14.9. The van der Waals surface area contributed by atoms with Gasteiger partial charge in [-0.25, -0.2) is 4.98 Å². The van der Waals surface area contributed by atoms with Crippen molar-refractivity contribution in [3.63, 3.8) is 0 Å². The van der Waals surface area contributed by atoms with E-state index >= 15 is 0 Å². The van der Waals surface area contributed by atoms with Crippen molar-refractivity contribution in [2.24, 2.45) is 0 Å². The number of benzene rings is 2. The van der Waals surface area contributed by atoms with Crippen LogP contribution in [0.5, 0.6) is 0 Å². The maximum atomic E-state index is 12.9. The van der Waals surface area contributed by atoms with E-state index in [4.69, 9.17) is 0 Å². The summed E-state index contributed by atoms with van der Waals surface area (Å²) in [5.41, 5.74) is 2.40. The molecule has 1 saturated heterocycles. The minimum atomic E-state index is -0.265. The molecule has 7 heteroatoms. The number of thioether (sulfide) groups is 1. The van der Waals surface area contributed by atoms with Crippen LogP contribution in [0.2, 0.25) is 0 Å². The van der Waals surface area contributed by atoms with Gasteiger partial charge >= 0.3 is 0 Å². The quantitative estimate of drug-likeness (QED) is 0.609. The van der Waals surface area contributed by atoms with Crippen molar-refractivity contribution in [3.8, 4) is 0 Å². The summed E-state index contributed by atoms with van der Waals surface area (Å²) < 4.78 is 0. The SMILES string of the molecule is CC(NC(=O)c1ccccc1SCC(=O)N1CCCC1)c1nc2ccccc2[nH]1. The molecule has 2 heterocycles. The van der Waals surface area contributed by atoms with Crippen LogP contribution >= 0.6 is 11.8 Å². The van der Waals surface area contributed by atoms with Crippen LogP contribution < -0.4 is 5.32 Å². The molecule has 1 unspecified atom stereocenters. The average Bonchev–Trinajstić information content (AvgIpc) is 3.42. The zero-order valence-electron chi connectivity index (χ0n) is 16.4. The summed E-state index contributed by atoms with van der Waals surface area (Å²) in [6.07, 6.45) is 2.16.